The van der Waals surface area contributed by atoms with Crippen LogP contribution in [0.15, 0.2) is 11.5 Å². The highest BCUT2D eigenvalue weighted by molar-refractivity contribution is 7.98. The maximum absolute atomic E-state index is 12.4. The SMILES string of the molecule is CCC[C@H](N)C(=O)N(O)C(=O)Nc1nc(SC)nc2c1ncn2[C@@H]1O[C@H](CO)[C@@H](O)[C@H]1O. The smallest absolute Gasteiger partial charge is 0.354 e. The molecule has 7 N–H and O–H groups in total. The number of nitrogens with zero attached hydrogens (tertiary/aromatic N) is 5. The number of urea groups is 1. The van der Waals surface area contributed by atoms with Crippen molar-refractivity contribution in [2.75, 3.05) is 18.2 Å². The molecule has 0 saturated carbocycles. The van der Waals surface area contributed by atoms with Crippen LogP contribution in [0.3, 0.4) is 0 Å². The minimum absolute atomic E-state index is 0.0765. The Morgan fingerprint density at radius 3 is 2.69 bits per heavy atom. The molecule has 0 radical (unpaired) electrons. The van der Waals surface area contributed by atoms with Gasteiger partial charge in [0.25, 0.3) is 5.91 Å². The van der Waals surface area contributed by atoms with Crippen LogP contribution in [-0.2, 0) is 9.53 Å². The third kappa shape index (κ3) is 4.54. The fourth-order valence-corrected chi connectivity index (χ4v) is 3.58. The topological polar surface area (TPSA) is 209 Å². The van der Waals surface area contributed by atoms with Crippen LogP contribution in [0, 0.1) is 0 Å². The van der Waals surface area contributed by atoms with E-state index in [-0.39, 0.29) is 33.6 Å². The highest BCUT2D eigenvalue weighted by Gasteiger charge is 2.44. The lowest BCUT2D eigenvalue weighted by Gasteiger charge is -2.18. The Labute approximate surface area is 186 Å². The lowest BCUT2D eigenvalue weighted by molar-refractivity contribution is -0.153. The zero-order valence-corrected chi connectivity index (χ0v) is 18.1. The first-order valence-corrected chi connectivity index (χ1v) is 11.0. The number of hydrogen-bond donors (Lipinski definition) is 6. The van der Waals surface area contributed by atoms with E-state index in [1.807, 2.05) is 0 Å². The van der Waals surface area contributed by atoms with E-state index in [0.717, 1.165) is 11.8 Å². The van der Waals surface area contributed by atoms with Gasteiger partial charge in [-0.05, 0) is 12.7 Å². The predicted molar refractivity (Wildman–Crippen MR) is 111 cm³/mol. The fraction of sp³-hybridized carbons (Fsp3) is 0.588. The molecule has 176 valence electrons. The molecule has 1 saturated heterocycles. The molecule has 32 heavy (non-hydrogen) atoms. The van der Waals surface area contributed by atoms with E-state index in [4.69, 9.17) is 10.5 Å². The van der Waals surface area contributed by atoms with Crippen LogP contribution >= 0.6 is 11.8 Å². The van der Waals surface area contributed by atoms with Gasteiger partial charge in [-0.15, -0.1) is 5.06 Å². The van der Waals surface area contributed by atoms with E-state index in [1.165, 1.54) is 10.9 Å². The van der Waals surface area contributed by atoms with E-state index in [9.17, 15) is 30.1 Å². The number of rotatable bonds is 7. The molecule has 0 aliphatic carbocycles. The molecule has 1 aliphatic heterocycles. The number of amides is 3. The van der Waals surface area contributed by atoms with E-state index in [2.05, 4.69) is 20.3 Å². The number of imidazole rings is 1. The van der Waals surface area contributed by atoms with Crippen LogP contribution in [-0.4, -0.2) is 94.3 Å². The number of ether oxygens (including phenoxy) is 1. The van der Waals surface area contributed by atoms with Gasteiger partial charge in [0.1, 0.15) is 18.3 Å². The van der Waals surface area contributed by atoms with E-state index < -0.39 is 49.1 Å². The Morgan fingerprint density at radius 1 is 1.38 bits per heavy atom. The molecule has 14 nitrogen and oxygen atoms in total. The molecule has 2 aromatic rings. The van der Waals surface area contributed by atoms with Crippen molar-refractivity contribution in [1.82, 2.24) is 24.6 Å². The Kier molecular flexibility index (Phi) is 7.60. The number of nitrogens with one attached hydrogen (secondary N) is 1. The van der Waals surface area contributed by atoms with Gasteiger partial charge in [-0.2, -0.15) is 0 Å². The summed E-state index contributed by atoms with van der Waals surface area (Å²) in [5, 5.41) is 42.0. The number of thioether (sulfide) groups is 1. The molecule has 0 bridgehead atoms. The van der Waals surface area contributed by atoms with Crippen LogP contribution in [0.25, 0.3) is 11.2 Å². The molecule has 5 atom stereocenters. The number of fused-ring (bicyclic) bond motifs is 1. The van der Waals surface area contributed by atoms with E-state index >= 15 is 0 Å². The van der Waals surface area contributed by atoms with Crippen LogP contribution < -0.4 is 11.1 Å². The summed E-state index contributed by atoms with van der Waals surface area (Å²) >= 11 is 1.14. The van der Waals surface area contributed by atoms with Crippen molar-refractivity contribution in [3.63, 3.8) is 0 Å². The quantitative estimate of drug-likeness (QED) is 0.125. The number of hydroxylamine groups is 2. The predicted octanol–water partition coefficient (Wildman–Crippen LogP) is -0.963. The van der Waals surface area contributed by atoms with Crippen molar-refractivity contribution in [3.05, 3.63) is 6.33 Å². The first-order valence-electron chi connectivity index (χ1n) is 9.73. The normalized spacial score (nSPS) is 24.0. The third-order valence-electron chi connectivity index (χ3n) is 4.92. The molecule has 0 unspecified atom stereocenters. The maximum atomic E-state index is 12.4. The van der Waals surface area contributed by atoms with Gasteiger partial charge in [-0.3, -0.25) is 19.9 Å². The van der Waals surface area contributed by atoms with Crippen LogP contribution in [0.5, 0.6) is 0 Å². The lowest BCUT2D eigenvalue weighted by atomic mass is 10.1. The highest BCUT2D eigenvalue weighted by atomic mass is 32.2. The Balaban J connectivity index is 1.92. The van der Waals surface area contributed by atoms with Gasteiger partial charge in [0.2, 0.25) is 0 Å². The van der Waals surface area contributed by atoms with Crippen LogP contribution in [0.2, 0.25) is 0 Å². The molecule has 0 aromatic carbocycles. The number of carbonyl (C=O) groups is 2. The van der Waals surface area contributed by atoms with Gasteiger partial charge in [-0.1, -0.05) is 25.1 Å². The average Bonchev–Trinajstić information content (AvgIpc) is 3.33. The molecule has 3 amide bonds. The molecule has 3 rings (SSSR count). The van der Waals surface area contributed by atoms with Crippen LogP contribution in [0.1, 0.15) is 26.0 Å². The van der Waals surface area contributed by atoms with Gasteiger partial charge in [0.05, 0.1) is 19.0 Å². The molecule has 0 spiro atoms. The number of carbonyl (C=O) groups excluding carboxylic acids is 2. The summed E-state index contributed by atoms with van der Waals surface area (Å²) < 4.78 is 6.84. The minimum atomic E-state index is -1.37. The van der Waals surface area contributed by atoms with Gasteiger partial charge < -0.3 is 25.8 Å². The van der Waals surface area contributed by atoms with Crippen molar-refractivity contribution in [2.45, 2.75) is 55.5 Å². The van der Waals surface area contributed by atoms with Crippen molar-refractivity contribution < 1.29 is 34.9 Å². The summed E-state index contributed by atoms with van der Waals surface area (Å²) in [6.07, 6.45) is -0.996. The molecular weight excluding hydrogens is 446 g/mol. The van der Waals surface area contributed by atoms with E-state index in [0.29, 0.717) is 6.42 Å². The Morgan fingerprint density at radius 2 is 2.09 bits per heavy atom. The number of aliphatic hydroxyl groups is 3. The van der Waals surface area contributed by atoms with Gasteiger partial charge >= 0.3 is 6.03 Å². The van der Waals surface area contributed by atoms with Crippen molar-refractivity contribution in [3.8, 4) is 0 Å². The highest BCUT2D eigenvalue weighted by Crippen LogP contribution is 2.33. The number of aliphatic hydroxyl groups excluding tert-OH is 3. The van der Waals surface area contributed by atoms with Crippen molar-refractivity contribution in [2.24, 2.45) is 5.73 Å². The second-order valence-corrected chi connectivity index (χ2v) is 7.86. The lowest BCUT2D eigenvalue weighted by Crippen LogP contribution is -2.46. The monoisotopic (exact) mass is 471 g/mol. The molecule has 2 aromatic heterocycles. The third-order valence-corrected chi connectivity index (χ3v) is 5.47. The summed E-state index contributed by atoms with van der Waals surface area (Å²) in [5.74, 6) is -1.08. The van der Waals surface area contributed by atoms with Crippen LogP contribution in [0.4, 0.5) is 10.6 Å². The summed E-state index contributed by atoms with van der Waals surface area (Å²) in [6, 6.07) is -2.23. The molecule has 1 aliphatic rings. The number of nitrogens with two attached hydrogens (primary N) is 1. The van der Waals surface area contributed by atoms with Gasteiger partial charge in [0.15, 0.2) is 28.4 Å². The maximum Gasteiger partial charge on any atom is 0.354 e. The number of hydrogen-bond acceptors (Lipinski definition) is 12. The molecular formula is C17H25N7O7S. The number of aromatic nitrogens is 4. The number of anilines is 1. The number of imide groups is 1. The Hall–Kier alpha value is -2.40. The minimum Gasteiger partial charge on any atom is -0.394 e. The average molecular weight is 471 g/mol. The molecule has 1 fully saturated rings. The largest absolute Gasteiger partial charge is 0.394 e. The second kappa shape index (κ2) is 10.0. The summed E-state index contributed by atoms with van der Waals surface area (Å²) in [7, 11) is 0. The zero-order valence-electron chi connectivity index (χ0n) is 17.3. The van der Waals surface area contributed by atoms with Crippen molar-refractivity contribution >= 4 is 40.7 Å². The zero-order chi connectivity index (χ0) is 23.6. The van der Waals surface area contributed by atoms with E-state index in [1.54, 1.807) is 13.2 Å². The molecule has 3 heterocycles. The fourth-order valence-electron chi connectivity index (χ4n) is 3.22. The Bertz CT molecular complexity index is 990. The first-order chi connectivity index (χ1) is 15.2. The van der Waals surface area contributed by atoms with Gasteiger partial charge in [-0.25, -0.2) is 19.7 Å². The standard InChI is InChI=1S/C17H25N7O7S/c1-3-4-7(18)14(28)24(30)17(29)21-12-9-13(22-16(20-12)32-2)23(6-19-9)15-11(27)10(26)8(5-25)31-15/h6-8,10-11,15,25-27,30H,3-5,18H2,1-2H3,(H,20,21,22,29)/t7-,8+,10+,11+,15+/m0/s1. The van der Waals surface area contributed by atoms with Gasteiger partial charge in [0, 0.05) is 0 Å². The first kappa shape index (κ1) is 24.2. The molecule has 15 heteroatoms. The van der Waals surface area contributed by atoms with Crippen molar-refractivity contribution in [1.29, 1.82) is 0 Å². The second-order valence-electron chi connectivity index (χ2n) is 7.09. The summed E-state index contributed by atoms with van der Waals surface area (Å²) in [4.78, 5) is 37.1. The summed E-state index contributed by atoms with van der Waals surface area (Å²) in [5.41, 5.74) is 5.89. The summed E-state index contributed by atoms with van der Waals surface area (Å²) in [6.45, 7) is 1.30.